The summed E-state index contributed by atoms with van der Waals surface area (Å²) in [6.07, 6.45) is 38.6. The van der Waals surface area contributed by atoms with Gasteiger partial charge in [0, 0.05) is 13.7 Å². The second-order valence-corrected chi connectivity index (χ2v) is 14.9. The van der Waals surface area contributed by atoms with Crippen LogP contribution in [0, 0.1) is 5.92 Å². The molecule has 0 aliphatic heterocycles. The minimum atomic E-state index is -0.415. The zero-order valence-electron chi connectivity index (χ0n) is 32.7. The van der Waals surface area contributed by atoms with Crippen LogP contribution in [-0.4, -0.2) is 44.8 Å². The Morgan fingerprint density at radius 3 is 1.48 bits per heavy atom. The highest BCUT2D eigenvalue weighted by molar-refractivity contribution is 5.28. The van der Waals surface area contributed by atoms with Crippen LogP contribution in [0.4, 0.5) is 5.82 Å². The first kappa shape index (κ1) is 44.8. The molecule has 1 heterocycles. The molecule has 0 fully saturated rings. The summed E-state index contributed by atoms with van der Waals surface area (Å²) in [6.45, 7) is 12.0. The summed E-state index contributed by atoms with van der Waals surface area (Å²) in [6, 6.07) is 0. The Balaban J connectivity index is 2.31. The van der Waals surface area contributed by atoms with Gasteiger partial charge in [0.2, 0.25) is 0 Å². The van der Waals surface area contributed by atoms with E-state index < -0.39 is 5.56 Å². The monoisotopic (exact) mass is 677 g/mol. The van der Waals surface area contributed by atoms with Gasteiger partial charge in [-0.05, 0) is 38.3 Å². The van der Waals surface area contributed by atoms with Gasteiger partial charge in [-0.15, -0.1) is 0 Å². The highest BCUT2D eigenvalue weighted by Crippen LogP contribution is 2.23. The van der Waals surface area contributed by atoms with Crippen LogP contribution in [0.2, 0.25) is 0 Å². The van der Waals surface area contributed by atoms with Crippen molar-refractivity contribution in [2.75, 3.05) is 45.2 Å². The normalized spacial score (nSPS) is 12.4. The molecule has 1 unspecified atom stereocenters. The average molecular weight is 677 g/mol. The molecule has 282 valence electrons. The Bertz CT molecular complexity index is 897. The Hall–Kier alpha value is -1.27. The summed E-state index contributed by atoms with van der Waals surface area (Å²) in [4.78, 5) is 26.7. The van der Waals surface area contributed by atoms with Crippen molar-refractivity contribution in [3.63, 3.8) is 0 Å². The van der Waals surface area contributed by atoms with Gasteiger partial charge in [-0.2, -0.15) is 4.57 Å². The first-order valence-corrected chi connectivity index (χ1v) is 21.3. The quantitative estimate of drug-likeness (QED) is 0.0429. The second-order valence-electron chi connectivity index (χ2n) is 14.9. The second kappa shape index (κ2) is 32.9. The van der Waals surface area contributed by atoms with E-state index in [1.54, 1.807) is 7.11 Å². The standard InChI is InChI=1S/C42H81N3O3/c1-5-8-10-12-13-14-15-16-17-18-19-20-23-27-34-44(36-29-33-43-41-40(46)42(47)45(41)37-38-48-4)35-28-24-21-22-26-32-39(30-7-3)31-25-11-9-6-2/h39H,5-38H2,1-4H3/p+1. The first-order chi connectivity index (χ1) is 23.6. The molecule has 0 radical (unpaired) electrons. The van der Waals surface area contributed by atoms with Crippen LogP contribution >= 0.6 is 0 Å². The molecule has 6 nitrogen and oxygen atoms in total. The molecule has 6 heteroatoms. The molecule has 48 heavy (non-hydrogen) atoms. The lowest BCUT2D eigenvalue weighted by atomic mass is 9.91. The lowest BCUT2D eigenvalue weighted by Gasteiger charge is -2.22. The van der Waals surface area contributed by atoms with Gasteiger partial charge in [-0.25, -0.2) is 4.79 Å². The van der Waals surface area contributed by atoms with E-state index in [0.29, 0.717) is 19.0 Å². The van der Waals surface area contributed by atoms with Crippen LogP contribution in [0.25, 0.3) is 0 Å². The number of nitrogens with zero attached hydrogens (tertiary/aromatic N) is 2. The number of anilines is 1. The molecule has 1 aromatic heterocycles. The Kier molecular flexibility index (Phi) is 30.7. The molecule has 0 bridgehead atoms. The Morgan fingerprint density at radius 2 is 1.00 bits per heavy atom. The van der Waals surface area contributed by atoms with Gasteiger partial charge >= 0.3 is 16.8 Å². The highest BCUT2D eigenvalue weighted by atomic mass is 16.5. The minimum Gasteiger partial charge on any atom is -0.381 e. The SMILES string of the molecule is CCCCCCCCCCCCCCCCN(CCCCCCCC(CCC)CCCCCC)CCCNc1c(=O)c(=O)[n+]1CCOC. The molecule has 1 N–H and O–H groups in total. The van der Waals surface area contributed by atoms with Gasteiger partial charge in [-0.3, -0.25) is 10.1 Å². The molecular formula is C42H82N3O3+. The third-order valence-electron chi connectivity index (χ3n) is 10.5. The van der Waals surface area contributed by atoms with E-state index in [1.165, 1.54) is 191 Å². The molecule has 0 aliphatic carbocycles. The maximum Gasteiger partial charge on any atom is 0.390 e. The van der Waals surface area contributed by atoms with Gasteiger partial charge < -0.3 is 9.64 Å². The number of rotatable bonds is 38. The zero-order chi connectivity index (χ0) is 34.9. The predicted octanol–water partition coefficient (Wildman–Crippen LogP) is 10.5. The van der Waals surface area contributed by atoms with Crippen LogP contribution in [0.3, 0.4) is 0 Å². The van der Waals surface area contributed by atoms with E-state index in [4.69, 9.17) is 4.74 Å². The number of aromatic nitrogens is 1. The molecule has 0 saturated heterocycles. The fourth-order valence-electron chi connectivity index (χ4n) is 7.34. The van der Waals surface area contributed by atoms with E-state index in [-0.39, 0.29) is 5.43 Å². The fraction of sp³-hybridized carbons (Fsp3) is 0.929. The largest absolute Gasteiger partial charge is 0.390 e. The maximum absolute atomic E-state index is 12.1. The third-order valence-corrected chi connectivity index (χ3v) is 10.5. The van der Waals surface area contributed by atoms with Crippen molar-refractivity contribution in [3.05, 3.63) is 20.6 Å². The van der Waals surface area contributed by atoms with Gasteiger partial charge in [0.25, 0.3) is 0 Å². The first-order valence-electron chi connectivity index (χ1n) is 21.3. The number of hydrogen-bond donors (Lipinski definition) is 1. The van der Waals surface area contributed by atoms with Crippen molar-refractivity contribution in [1.29, 1.82) is 0 Å². The van der Waals surface area contributed by atoms with Gasteiger partial charge in [-0.1, -0.05) is 181 Å². The van der Waals surface area contributed by atoms with E-state index in [1.807, 2.05) is 0 Å². The summed E-state index contributed by atoms with van der Waals surface area (Å²) in [5.41, 5.74) is -0.801. The van der Waals surface area contributed by atoms with E-state index in [9.17, 15) is 9.59 Å². The Labute approximate surface area is 298 Å². The number of nitrogens with one attached hydrogen (secondary N) is 1. The van der Waals surface area contributed by atoms with Crippen molar-refractivity contribution >= 4 is 5.82 Å². The summed E-state index contributed by atoms with van der Waals surface area (Å²) < 4.78 is 6.62. The van der Waals surface area contributed by atoms with Crippen LogP contribution in [-0.2, 0) is 11.3 Å². The fourth-order valence-corrected chi connectivity index (χ4v) is 7.34. The van der Waals surface area contributed by atoms with E-state index in [2.05, 4.69) is 31.0 Å². The van der Waals surface area contributed by atoms with Crippen LogP contribution in [0.1, 0.15) is 201 Å². The van der Waals surface area contributed by atoms with Crippen LogP contribution in [0.15, 0.2) is 9.59 Å². The maximum atomic E-state index is 12.1. The topological polar surface area (TPSA) is 62.5 Å². The minimum absolute atomic E-state index is 0.386. The van der Waals surface area contributed by atoms with Crippen LogP contribution < -0.4 is 20.9 Å². The van der Waals surface area contributed by atoms with Crippen molar-refractivity contribution in [3.8, 4) is 0 Å². The number of unbranched alkanes of at least 4 members (excludes halogenated alkanes) is 20. The predicted molar refractivity (Wildman–Crippen MR) is 208 cm³/mol. The van der Waals surface area contributed by atoms with Gasteiger partial charge in [0.1, 0.15) is 6.54 Å². The summed E-state index contributed by atoms with van der Waals surface area (Å²) in [7, 11) is 1.62. The van der Waals surface area contributed by atoms with Gasteiger partial charge in [0.15, 0.2) is 0 Å². The van der Waals surface area contributed by atoms with Crippen molar-refractivity contribution in [2.45, 2.75) is 207 Å². The van der Waals surface area contributed by atoms with Crippen molar-refractivity contribution in [1.82, 2.24) is 4.90 Å². The van der Waals surface area contributed by atoms with Crippen LogP contribution in [0.5, 0.6) is 0 Å². The summed E-state index contributed by atoms with van der Waals surface area (Å²) in [5.74, 6) is 1.41. The third kappa shape index (κ3) is 23.2. The molecular weight excluding hydrogens is 594 g/mol. The van der Waals surface area contributed by atoms with Crippen molar-refractivity contribution in [2.24, 2.45) is 5.92 Å². The molecule has 1 atom stereocenters. The van der Waals surface area contributed by atoms with Crippen molar-refractivity contribution < 1.29 is 9.30 Å². The molecule has 1 aromatic rings. The molecule has 0 aromatic carbocycles. The zero-order valence-corrected chi connectivity index (χ0v) is 32.7. The number of methoxy groups -OCH3 is 1. The van der Waals surface area contributed by atoms with Gasteiger partial charge in [0.05, 0.1) is 13.2 Å². The molecule has 0 amide bonds. The summed E-state index contributed by atoms with van der Waals surface area (Å²) in [5, 5.41) is 3.25. The van der Waals surface area contributed by atoms with E-state index in [0.717, 1.165) is 25.4 Å². The lowest BCUT2D eigenvalue weighted by molar-refractivity contribution is -0.711. The number of ether oxygens (including phenoxy) is 1. The highest BCUT2D eigenvalue weighted by Gasteiger charge is 2.27. The Morgan fingerprint density at radius 1 is 0.562 bits per heavy atom. The number of hydrogen-bond acceptors (Lipinski definition) is 5. The molecule has 1 rings (SSSR count). The van der Waals surface area contributed by atoms with E-state index >= 15 is 0 Å². The molecule has 0 spiro atoms. The average Bonchev–Trinajstić information content (AvgIpc) is 3.09. The smallest absolute Gasteiger partial charge is 0.381 e. The molecule has 0 aliphatic rings. The lowest BCUT2D eigenvalue weighted by Crippen LogP contribution is -2.67. The molecule has 0 saturated carbocycles. The summed E-state index contributed by atoms with van der Waals surface area (Å²) >= 11 is 0.